The molecule has 0 spiro atoms. The van der Waals surface area contributed by atoms with E-state index in [2.05, 4.69) is 15.4 Å². The second-order valence-corrected chi connectivity index (χ2v) is 7.20. The first-order chi connectivity index (χ1) is 10.3. The molecular formula is C14H16N4OS2. The third-order valence-corrected chi connectivity index (χ3v) is 5.93. The van der Waals surface area contributed by atoms with Gasteiger partial charge in [0.05, 0.1) is 5.69 Å². The first-order valence-corrected chi connectivity index (χ1v) is 8.97. The van der Waals surface area contributed by atoms with Crippen molar-refractivity contribution >= 4 is 35.1 Å². The largest absolute Gasteiger partial charge is 0.323 e. The van der Waals surface area contributed by atoms with E-state index >= 15 is 0 Å². The number of hydrogen-bond acceptors (Lipinski definition) is 5. The van der Waals surface area contributed by atoms with E-state index in [1.54, 1.807) is 17.1 Å². The van der Waals surface area contributed by atoms with Crippen LogP contribution in [-0.4, -0.2) is 43.2 Å². The number of amides is 1. The van der Waals surface area contributed by atoms with Gasteiger partial charge < -0.3 is 5.32 Å². The highest BCUT2D eigenvalue weighted by atomic mass is 32.2. The lowest BCUT2D eigenvalue weighted by molar-refractivity contribution is -0.116. The molecule has 0 unspecified atom stereocenters. The number of pyridine rings is 1. The minimum absolute atomic E-state index is 0.0383. The second kappa shape index (κ2) is 7.00. The van der Waals surface area contributed by atoms with Crippen LogP contribution in [0.5, 0.6) is 0 Å². The molecule has 0 aromatic carbocycles. The van der Waals surface area contributed by atoms with Crippen molar-refractivity contribution in [3.63, 3.8) is 0 Å². The Kier molecular flexibility index (Phi) is 4.82. The van der Waals surface area contributed by atoms with Crippen molar-refractivity contribution in [3.8, 4) is 5.82 Å². The van der Waals surface area contributed by atoms with Crippen molar-refractivity contribution in [2.75, 3.05) is 22.6 Å². The van der Waals surface area contributed by atoms with Crippen molar-refractivity contribution in [2.45, 2.75) is 11.7 Å². The molecule has 7 heteroatoms. The zero-order valence-electron chi connectivity index (χ0n) is 11.4. The number of aromatic nitrogens is 3. The molecule has 110 valence electrons. The van der Waals surface area contributed by atoms with Crippen LogP contribution in [0.15, 0.2) is 36.8 Å². The Bertz CT molecular complexity index is 597. The number of rotatable bonds is 4. The van der Waals surface area contributed by atoms with E-state index < -0.39 is 0 Å². The lowest BCUT2D eigenvalue weighted by Gasteiger charge is -2.20. The summed E-state index contributed by atoms with van der Waals surface area (Å²) in [6, 6.07) is 5.49. The number of hydrogen-bond donors (Lipinski definition) is 1. The number of nitrogens with zero attached hydrogens (tertiary/aromatic N) is 3. The average Bonchev–Trinajstić information content (AvgIpc) is 3.03. The highest BCUT2D eigenvalue weighted by Gasteiger charge is 2.19. The third-order valence-electron chi connectivity index (χ3n) is 3.08. The molecule has 2 aromatic heterocycles. The molecule has 0 radical (unpaired) electrons. The van der Waals surface area contributed by atoms with Crippen LogP contribution in [0.4, 0.5) is 5.69 Å². The number of carbonyl (C=O) groups excluding carboxylic acids is 1. The molecule has 21 heavy (non-hydrogen) atoms. The summed E-state index contributed by atoms with van der Waals surface area (Å²) in [5.74, 6) is 4.05. The maximum Gasteiger partial charge on any atom is 0.225 e. The molecule has 1 aliphatic heterocycles. The predicted octanol–water partition coefficient (Wildman–Crippen LogP) is 2.44. The molecule has 0 saturated carbocycles. The lowest BCUT2D eigenvalue weighted by atomic mass is 10.3. The van der Waals surface area contributed by atoms with Crippen LogP contribution >= 0.6 is 23.5 Å². The van der Waals surface area contributed by atoms with Crippen LogP contribution in [-0.2, 0) is 4.79 Å². The maximum absolute atomic E-state index is 12.2. The highest BCUT2D eigenvalue weighted by molar-refractivity contribution is 8.06. The molecule has 3 heterocycles. The number of anilines is 1. The SMILES string of the molecule is O=C(C[C@H]1CSCCS1)Nc1cccnc1-n1cccn1. The van der Waals surface area contributed by atoms with Crippen LogP contribution in [0.1, 0.15) is 6.42 Å². The summed E-state index contributed by atoms with van der Waals surface area (Å²) in [6.45, 7) is 0. The first-order valence-electron chi connectivity index (χ1n) is 6.77. The van der Waals surface area contributed by atoms with E-state index in [9.17, 15) is 4.79 Å². The summed E-state index contributed by atoms with van der Waals surface area (Å²) in [5.41, 5.74) is 0.694. The van der Waals surface area contributed by atoms with Crippen molar-refractivity contribution < 1.29 is 4.79 Å². The van der Waals surface area contributed by atoms with Gasteiger partial charge in [0.25, 0.3) is 0 Å². The molecular weight excluding hydrogens is 304 g/mol. The molecule has 3 rings (SSSR count). The van der Waals surface area contributed by atoms with Crippen LogP contribution < -0.4 is 5.32 Å². The summed E-state index contributed by atoms with van der Waals surface area (Å²) >= 11 is 3.81. The summed E-state index contributed by atoms with van der Waals surface area (Å²) in [5, 5.41) is 7.54. The Labute approximate surface area is 131 Å². The number of carbonyl (C=O) groups is 1. The highest BCUT2D eigenvalue weighted by Crippen LogP contribution is 2.27. The zero-order chi connectivity index (χ0) is 14.5. The monoisotopic (exact) mass is 320 g/mol. The third kappa shape index (κ3) is 3.79. The van der Waals surface area contributed by atoms with Crippen molar-refractivity contribution in [1.29, 1.82) is 0 Å². The molecule has 0 bridgehead atoms. The second-order valence-electron chi connectivity index (χ2n) is 4.65. The van der Waals surface area contributed by atoms with E-state index in [4.69, 9.17) is 0 Å². The fraction of sp³-hybridized carbons (Fsp3) is 0.357. The van der Waals surface area contributed by atoms with Gasteiger partial charge in [-0.25, -0.2) is 9.67 Å². The molecule has 1 fully saturated rings. The molecule has 2 aromatic rings. The van der Waals surface area contributed by atoms with Crippen LogP contribution in [0.25, 0.3) is 5.82 Å². The van der Waals surface area contributed by atoms with Gasteiger partial charge in [-0.2, -0.15) is 28.6 Å². The van der Waals surface area contributed by atoms with Gasteiger partial charge in [-0.3, -0.25) is 4.79 Å². The van der Waals surface area contributed by atoms with Crippen LogP contribution in [0.2, 0.25) is 0 Å². The fourth-order valence-corrected chi connectivity index (χ4v) is 4.81. The van der Waals surface area contributed by atoms with E-state index in [1.165, 1.54) is 5.75 Å². The Balaban J connectivity index is 1.68. The minimum Gasteiger partial charge on any atom is -0.323 e. The normalized spacial score (nSPS) is 18.4. The Morgan fingerprint density at radius 1 is 1.38 bits per heavy atom. The molecule has 5 nitrogen and oxygen atoms in total. The molecule has 1 atom stereocenters. The van der Waals surface area contributed by atoms with Crippen molar-refractivity contribution in [3.05, 3.63) is 36.8 Å². The molecule has 1 aliphatic rings. The van der Waals surface area contributed by atoms with Gasteiger partial charge in [0.2, 0.25) is 5.91 Å². The summed E-state index contributed by atoms with van der Waals surface area (Å²) < 4.78 is 1.65. The topological polar surface area (TPSA) is 59.8 Å². The predicted molar refractivity (Wildman–Crippen MR) is 88.2 cm³/mol. The minimum atomic E-state index is 0.0383. The quantitative estimate of drug-likeness (QED) is 0.937. The van der Waals surface area contributed by atoms with Gasteiger partial charge in [-0.05, 0) is 18.2 Å². The van der Waals surface area contributed by atoms with Crippen LogP contribution in [0, 0.1) is 0 Å². The fourth-order valence-electron chi connectivity index (χ4n) is 2.13. The summed E-state index contributed by atoms with van der Waals surface area (Å²) in [6.07, 6.45) is 5.74. The maximum atomic E-state index is 12.2. The molecule has 1 saturated heterocycles. The van der Waals surface area contributed by atoms with E-state index in [0.717, 1.165) is 11.5 Å². The summed E-state index contributed by atoms with van der Waals surface area (Å²) in [7, 11) is 0. The van der Waals surface area contributed by atoms with Gasteiger partial charge in [-0.15, -0.1) is 0 Å². The van der Waals surface area contributed by atoms with Gasteiger partial charge >= 0.3 is 0 Å². The van der Waals surface area contributed by atoms with Gasteiger partial charge in [0.15, 0.2) is 5.82 Å². The number of thioether (sulfide) groups is 2. The van der Waals surface area contributed by atoms with Crippen molar-refractivity contribution in [1.82, 2.24) is 14.8 Å². The van der Waals surface area contributed by atoms with Gasteiger partial charge in [-0.1, -0.05) is 0 Å². The van der Waals surface area contributed by atoms with Crippen LogP contribution in [0.3, 0.4) is 0 Å². The van der Waals surface area contributed by atoms with Gasteiger partial charge in [0, 0.05) is 47.5 Å². The molecule has 0 aliphatic carbocycles. The van der Waals surface area contributed by atoms with Gasteiger partial charge in [0.1, 0.15) is 0 Å². The van der Waals surface area contributed by atoms with E-state index in [0.29, 0.717) is 23.2 Å². The molecule has 1 amide bonds. The summed E-state index contributed by atoms with van der Waals surface area (Å²) in [4.78, 5) is 16.5. The Morgan fingerprint density at radius 2 is 2.33 bits per heavy atom. The molecule has 1 N–H and O–H groups in total. The van der Waals surface area contributed by atoms with Crippen molar-refractivity contribution in [2.24, 2.45) is 0 Å². The zero-order valence-corrected chi connectivity index (χ0v) is 13.1. The average molecular weight is 320 g/mol. The Morgan fingerprint density at radius 3 is 3.10 bits per heavy atom. The smallest absolute Gasteiger partial charge is 0.225 e. The lowest BCUT2D eigenvalue weighted by Crippen LogP contribution is -2.23. The van der Waals surface area contributed by atoms with E-state index in [-0.39, 0.29) is 5.91 Å². The standard InChI is InChI=1S/C14H16N4OS2/c19-13(9-11-10-20-7-8-21-11)17-12-3-1-4-15-14(12)18-6-2-5-16-18/h1-6,11H,7-10H2,(H,17,19)/t11-/m0/s1. The Hall–Kier alpha value is -1.47. The first kappa shape index (κ1) is 14.5. The van der Waals surface area contributed by atoms with E-state index in [1.807, 2.05) is 47.9 Å². The number of nitrogens with one attached hydrogen (secondary N) is 1.